The summed E-state index contributed by atoms with van der Waals surface area (Å²) in [6.45, 7) is 3.80. The molecule has 0 fully saturated rings. The number of ether oxygens (including phenoxy) is 1. The highest BCUT2D eigenvalue weighted by molar-refractivity contribution is 5.53. The second kappa shape index (κ2) is 6.51. The molecule has 0 radical (unpaired) electrons. The molecule has 3 heteroatoms. The summed E-state index contributed by atoms with van der Waals surface area (Å²) in [7, 11) is 5.86. The van der Waals surface area contributed by atoms with E-state index in [1.807, 2.05) is 0 Å². The van der Waals surface area contributed by atoms with Crippen LogP contribution in [0.4, 0.5) is 5.69 Å². The van der Waals surface area contributed by atoms with Gasteiger partial charge in [0.1, 0.15) is 0 Å². The topological polar surface area (TPSA) is 24.5 Å². The Morgan fingerprint density at radius 3 is 2.62 bits per heavy atom. The second-order valence-electron chi connectivity index (χ2n) is 4.12. The van der Waals surface area contributed by atoms with Crippen molar-refractivity contribution in [3.8, 4) is 0 Å². The van der Waals surface area contributed by atoms with Gasteiger partial charge in [-0.2, -0.15) is 0 Å². The molecule has 0 aliphatic heterocycles. The third-order valence-electron chi connectivity index (χ3n) is 2.64. The van der Waals surface area contributed by atoms with Crippen molar-refractivity contribution in [1.29, 1.82) is 0 Å². The smallest absolute Gasteiger partial charge is 0.0587 e. The molecule has 90 valence electrons. The van der Waals surface area contributed by atoms with Gasteiger partial charge in [0.25, 0.3) is 0 Å². The van der Waals surface area contributed by atoms with Crippen LogP contribution >= 0.6 is 0 Å². The first-order valence-electron chi connectivity index (χ1n) is 5.65. The Morgan fingerprint density at radius 1 is 1.31 bits per heavy atom. The fourth-order valence-corrected chi connectivity index (χ4v) is 1.75. The summed E-state index contributed by atoms with van der Waals surface area (Å²) < 4.78 is 5.03. The van der Waals surface area contributed by atoms with E-state index in [0.29, 0.717) is 6.04 Å². The molecule has 1 rings (SSSR count). The van der Waals surface area contributed by atoms with Gasteiger partial charge in [0.2, 0.25) is 0 Å². The molecule has 0 heterocycles. The molecule has 0 amide bonds. The molecule has 0 aliphatic carbocycles. The van der Waals surface area contributed by atoms with Crippen LogP contribution in [0.5, 0.6) is 0 Å². The van der Waals surface area contributed by atoms with Gasteiger partial charge in [0.05, 0.1) is 6.61 Å². The van der Waals surface area contributed by atoms with Crippen LogP contribution in [0, 0.1) is 0 Å². The molecule has 0 spiro atoms. The van der Waals surface area contributed by atoms with E-state index in [1.54, 1.807) is 7.11 Å². The highest BCUT2D eigenvalue weighted by atomic mass is 16.5. The number of nitrogens with one attached hydrogen (secondary N) is 1. The van der Waals surface area contributed by atoms with Gasteiger partial charge in [0.15, 0.2) is 0 Å². The monoisotopic (exact) mass is 222 g/mol. The van der Waals surface area contributed by atoms with Gasteiger partial charge in [-0.25, -0.2) is 0 Å². The summed E-state index contributed by atoms with van der Waals surface area (Å²) in [5, 5.41) is 3.44. The van der Waals surface area contributed by atoms with E-state index in [-0.39, 0.29) is 0 Å². The molecule has 0 aromatic heterocycles. The number of methoxy groups -OCH3 is 1. The SMILES string of the molecule is COCCNC(C)c1ccccc1N(C)C. The summed E-state index contributed by atoms with van der Waals surface area (Å²) >= 11 is 0. The predicted molar refractivity (Wildman–Crippen MR) is 69.1 cm³/mol. The molecule has 1 N–H and O–H groups in total. The van der Waals surface area contributed by atoms with Crippen molar-refractivity contribution in [1.82, 2.24) is 5.32 Å². The molecular weight excluding hydrogens is 200 g/mol. The Bertz CT molecular complexity index is 313. The van der Waals surface area contributed by atoms with Crippen molar-refractivity contribution in [3.63, 3.8) is 0 Å². The second-order valence-corrected chi connectivity index (χ2v) is 4.12. The zero-order valence-electron chi connectivity index (χ0n) is 10.7. The number of para-hydroxylation sites is 1. The Hall–Kier alpha value is -1.06. The lowest BCUT2D eigenvalue weighted by Crippen LogP contribution is -2.24. The zero-order valence-corrected chi connectivity index (χ0v) is 10.7. The van der Waals surface area contributed by atoms with E-state index >= 15 is 0 Å². The molecule has 3 nitrogen and oxygen atoms in total. The van der Waals surface area contributed by atoms with Crippen LogP contribution in [0.1, 0.15) is 18.5 Å². The average molecular weight is 222 g/mol. The van der Waals surface area contributed by atoms with Gasteiger partial charge in [0, 0.05) is 39.5 Å². The van der Waals surface area contributed by atoms with Crippen molar-refractivity contribution in [2.45, 2.75) is 13.0 Å². The summed E-state index contributed by atoms with van der Waals surface area (Å²) in [6.07, 6.45) is 0. The Kier molecular flexibility index (Phi) is 5.29. The van der Waals surface area contributed by atoms with Crippen LogP contribution in [-0.4, -0.2) is 34.4 Å². The normalized spacial score (nSPS) is 12.5. The van der Waals surface area contributed by atoms with Crippen LogP contribution in [-0.2, 0) is 4.74 Å². The van der Waals surface area contributed by atoms with Crippen LogP contribution < -0.4 is 10.2 Å². The Labute approximate surface area is 98.4 Å². The molecule has 1 unspecified atom stereocenters. The van der Waals surface area contributed by atoms with E-state index < -0.39 is 0 Å². The average Bonchev–Trinajstić information content (AvgIpc) is 2.29. The maximum absolute atomic E-state index is 5.03. The highest BCUT2D eigenvalue weighted by Gasteiger charge is 2.10. The molecule has 0 saturated heterocycles. The third-order valence-corrected chi connectivity index (χ3v) is 2.64. The van der Waals surface area contributed by atoms with Crippen LogP contribution in [0.2, 0.25) is 0 Å². The minimum Gasteiger partial charge on any atom is -0.383 e. The minimum absolute atomic E-state index is 0.341. The first-order valence-corrected chi connectivity index (χ1v) is 5.65. The first-order chi connectivity index (χ1) is 7.66. The standard InChI is InChI=1S/C13H22N2O/c1-11(14-9-10-16-4)12-7-5-6-8-13(12)15(2)3/h5-8,11,14H,9-10H2,1-4H3. The summed E-state index contributed by atoms with van der Waals surface area (Å²) in [6, 6.07) is 8.80. The summed E-state index contributed by atoms with van der Waals surface area (Å²) in [4.78, 5) is 2.14. The highest BCUT2D eigenvalue weighted by Crippen LogP contribution is 2.24. The molecule has 1 atom stereocenters. The van der Waals surface area contributed by atoms with Gasteiger partial charge in [-0.15, -0.1) is 0 Å². The lowest BCUT2D eigenvalue weighted by Gasteiger charge is -2.22. The quantitative estimate of drug-likeness (QED) is 0.746. The van der Waals surface area contributed by atoms with Gasteiger partial charge in [-0.3, -0.25) is 0 Å². The largest absolute Gasteiger partial charge is 0.383 e. The van der Waals surface area contributed by atoms with Crippen molar-refractivity contribution in [2.24, 2.45) is 0 Å². The van der Waals surface area contributed by atoms with Gasteiger partial charge >= 0.3 is 0 Å². The Balaban J connectivity index is 2.70. The Morgan fingerprint density at radius 2 is 2.00 bits per heavy atom. The maximum atomic E-state index is 5.03. The van der Waals surface area contributed by atoms with Gasteiger partial charge in [-0.05, 0) is 18.6 Å². The number of benzene rings is 1. The molecule has 1 aromatic carbocycles. The number of rotatable bonds is 6. The van der Waals surface area contributed by atoms with Crippen LogP contribution in [0.25, 0.3) is 0 Å². The van der Waals surface area contributed by atoms with Crippen molar-refractivity contribution >= 4 is 5.69 Å². The zero-order chi connectivity index (χ0) is 12.0. The maximum Gasteiger partial charge on any atom is 0.0587 e. The molecular formula is C13H22N2O. The summed E-state index contributed by atoms with van der Waals surface area (Å²) in [5.41, 5.74) is 2.59. The first kappa shape index (κ1) is 13.0. The van der Waals surface area contributed by atoms with Gasteiger partial charge < -0.3 is 15.0 Å². The van der Waals surface area contributed by atoms with Crippen molar-refractivity contribution in [2.75, 3.05) is 39.3 Å². The fourth-order valence-electron chi connectivity index (χ4n) is 1.75. The third kappa shape index (κ3) is 3.51. The van der Waals surface area contributed by atoms with E-state index in [9.17, 15) is 0 Å². The lowest BCUT2D eigenvalue weighted by atomic mass is 10.1. The molecule has 0 aliphatic rings. The predicted octanol–water partition coefficient (Wildman–Crippen LogP) is 2.05. The number of anilines is 1. The lowest BCUT2D eigenvalue weighted by molar-refractivity contribution is 0.196. The van der Waals surface area contributed by atoms with E-state index in [4.69, 9.17) is 4.74 Å². The van der Waals surface area contributed by atoms with Gasteiger partial charge in [-0.1, -0.05) is 18.2 Å². The number of nitrogens with zero attached hydrogens (tertiary/aromatic N) is 1. The van der Waals surface area contributed by atoms with Crippen LogP contribution in [0.15, 0.2) is 24.3 Å². The van der Waals surface area contributed by atoms with Crippen molar-refractivity contribution in [3.05, 3.63) is 29.8 Å². The van der Waals surface area contributed by atoms with E-state index in [2.05, 4.69) is 55.5 Å². The molecule has 1 aromatic rings. The van der Waals surface area contributed by atoms with Crippen molar-refractivity contribution < 1.29 is 4.74 Å². The molecule has 0 saturated carbocycles. The minimum atomic E-state index is 0.341. The molecule has 16 heavy (non-hydrogen) atoms. The van der Waals surface area contributed by atoms with Crippen LogP contribution in [0.3, 0.4) is 0 Å². The fraction of sp³-hybridized carbons (Fsp3) is 0.538. The summed E-state index contributed by atoms with van der Waals surface area (Å²) in [5.74, 6) is 0. The van der Waals surface area contributed by atoms with E-state index in [0.717, 1.165) is 13.2 Å². The number of hydrogen-bond acceptors (Lipinski definition) is 3. The molecule has 0 bridgehead atoms. The van der Waals surface area contributed by atoms with E-state index in [1.165, 1.54) is 11.3 Å². The number of hydrogen-bond donors (Lipinski definition) is 1.